The van der Waals surface area contributed by atoms with E-state index in [0.29, 0.717) is 47.7 Å². The predicted molar refractivity (Wildman–Crippen MR) is 160 cm³/mol. The van der Waals surface area contributed by atoms with Gasteiger partial charge < -0.3 is 15.1 Å². The zero-order valence-electron chi connectivity index (χ0n) is 24.5. The fourth-order valence-corrected chi connectivity index (χ4v) is 7.29. The molecular formula is C30H38F3N7O2S. The molecule has 232 valence electrons. The molecule has 2 N–H and O–H groups in total. The van der Waals surface area contributed by atoms with Crippen molar-refractivity contribution in [1.82, 2.24) is 19.6 Å². The van der Waals surface area contributed by atoms with E-state index in [-0.39, 0.29) is 43.3 Å². The van der Waals surface area contributed by atoms with Gasteiger partial charge in [-0.2, -0.15) is 13.2 Å². The Morgan fingerprint density at radius 1 is 1.09 bits per heavy atom. The number of anilines is 3. The van der Waals surface area contributed by atoms with Crippen LogP contribution in [-0.4, -0.2) is 71.2 Å². The molecule has 3 amide bonds. The van der Waals surface area contributed by atoms with Gasteiger partial charge in [-0.25, -0.2) is 14.8 Å². The van der Waals surface area contributed by atoms with Crippen molar-refractivity contribution in [2.45, 2.75) is 75.5 Å². The minimum Gasteiger partial charge on any atom is -0.370 e. The van der Waals surface area contributed by atoms with Gasteiger partial charge in [0.15, 0.2) is 0 Å². The highest BCUT2D eigenvalue weighted by atomic mass is 32.2. The summed E-state index contributed by atoms with van der Waals surface area (Å²) in [5.41, 5.74) is -1.40. The SMILES string of the molecule is CC1(C)C[C@@H]2CCCNc3cccc(n3)SNC(=O)c3ccc(N4CCN(CCCC5(C(F)(F)F)CC5)C4=O)nc3N1C2. The van der Waals surface area contributed by atoms with E-state index in [1.54, 1.807) is 21.9 Å². The number of rotatable bonds is 5. The summed E-state index contributed by atoms with van der Waals surface area (Å²) >= 11 is 1.14. The second-order valence-electron chi connectivity index (χ2n) is 12.8. The lowest BCUT2D eigenvalue weighted by atomic mass is 9.93. The standard InChI is InChI=1S/C30H38F3N7O2S/c1-28(2)18-20-6-4-14-34-22-7-3-8-24(35-22)43-37-26(41)21-9-10-23(36-25(21)40(28)19-20)39-17-16-38(27(39)42)15-5-11-29(12-13-29)30(31,32)33/h3,7-10,20H,4-6,11-19H2,1-2H3,(H,34,35)(H,37,41)/t20-/m0/s1. The molecule has 2 aromatic rings. The maximum absolute atomic E-state index is 13.5. The number of fused-ring (bicyclic) bond motifs is 6. The van der Waals surface area contributed by atoms with Gasteiger partial charge in [-0.05, 0) is 89.0 Å². The molecule has 6 rings (SSSR count). The highest BCUT2D eigenvalue weighted by Crippen LogP contribution is 2.60. The Bertz CT molecular complexity index is 1380. The molecule has 0 spiro atoms. The third-order valence-electron chi connectivity index (χ3n) is 9.30. The number of nitrogens with zero attached hydrogens (tertiary/aromatic N) is 5. The van der Waals surface area contributed by atoms with E-state index in [0.717, 1.165) is 50.1 Å². The first kappa shape index (κ1) is 29.8. The minimum absolute atomic E-state index is 0.0472. The molecule has 5 heterocycles. The van der Waals surface area contributed by atoms with E-state index in [1.165, 1.54) is 0 Å². The molecule has 1 atom stereocenters. The second kappa shape index (κ2) is 11.4. The lowest BCUT2D eigenvalue weighted by molar-refractivity contribution is -0.189. The van der Waals surface area contributed by atoms with Gasteiger partial charge >= 0.3 is 12.2 Å². The van der Waals surface area contributed by atoms with Crippen molar-refractivity contribution in [3.8, 4) is 0 Å². The number of carbonyl (C=O) groups excluding carboxylic acids is 2. The molecule has 13 heteroatoms. The summed E-state index contributed by atoms with van der Waals surface area (Å²) in [6.45, 7) is 6.94. The summed E-state index contributed by atoms with van der Waals surface area (Å²) in [5, 5.41) is 4.04. The van der Waals surface area contributed by atoms with Crippen molar-refractivity contribution in [3.63, 3.8) is 0 Å². The molecule has 1 aliphatic carbocycles. The summed E-state index contributed by atoms with van der Waals surface area (Å²) in [4.78, 5) is 41.8. The maximum Gasteiger partial charge on any atom is 0.394 e. The number of alkyl halides is 3. The third-order valence-corrected chi connectivity index (χ3v) is 10.0. The molecule has 1 saturated carbocycles. The zero-order valence-corrected chi connectivity index (χ0v) is 25.4. The molecular weight excluding hydrogens is 579 g/mol. The number of hydrogen-bond donors (Lipinski definition) is 2. The van der Waals surface area contributed by atoms with Crippen LogP contribution in [0.5, 0.6) is 0 Å². The second-order valence-corrected chi connectivity index (χ2v) is 13.6. The topological polar surface area (TPSA) is 93.7 Å². The largest absolute Gasteiger partial charge is 0.394 e. The molecule has 2 aromatic heterocycles. The Balaban J connectivity index is 1.23. The molecule has 4 aliphatic rings. The van der Waals surface area contributed by atoms with Gasteiger partial charge in [0, 0.05) is 50.2 Å². The molecule has 0 radical (unpaired) electrons. The Kier molecular flexibility index (Phi) is 7.89. The number of nitrogens with one attached hydrogen (secondary N) is 2. The van der Waals surface area contributed by atoms with E-state index in [1.807, 2.05) is 18.2 Å². The van der Waals surface area contributed by atoms with E-state index < -0.39 is 11.6 Å². The number of urea groups is 1. The van der Waals surface area contributed by atoms with Crippen LogP contribution in [0.25, 0.3) is 0 Å². The Labute approximate surface area is 254 Å². The van der Waals surface area contributed by atoms with Gasteiger partial charge in [0.2, 0.25) is 0 Å². The van der Waals surface area contributed by atoms with Crippen LogP contribution in [0, 0.1) is 11.3 Å². The van der Waals surface area contributed by atoms with Crippen LogP contribution in [0.3, 0.4) is 0 Å². The van der Waals surface area contributed by atoms with Crippen molar-refractivity contribution in [2.24, 2.45) is 11.3 Å². The molecule has 4 bridgehead atoms. The molecule has 9 nitrogen and oxygen atoms in total. The summed E-state index contributed by atoms with van der Waals surface area (Å²) in [5.74, 6) is 1.85. The summed E-state index contributed by atoms with van der Waals surface area (Å²) in [7, 11) is 0. The smallest absolute Gasteiger partial charge is 0.370 e. The molecule has 3 fully saturated rings. The van der Waals surface area contributed by atoms with Gasteiger partial charge in [-0.3, -0.25) is 14.4 Å². The fraction of sp³-hybridized carbons (Fsp3) is 0.600. The highest BCUT2D eigenvalue weighted by Gasteiger charge is 2.62. The molecule has 43 heavy (non-hydrogen) atoms. The van der Waals surface area contributed by atoms with E-state index in [4.69, 9.17) is 4.98 Å². The lowest BCUT2D eigenvalue weighted by Gasteiger charge is -2.34. The van der Waals surface area contributed by atoms with E-state index in [2.05, 4.69) is 33.8 Å². The van der Waals surface area contributed by atoms with Crippen LogP contribution >= 0.6 is 11.9 Å². The fourth-order valence-electron chi connectivity index (χ4n) is 6.69. The van der Waals surface area contributed by atoms with Crippen LogP contribution in [0.1, 0.15) is 69.2 Å². The van der Waals surface area contributed by atoms with Crippen molar-refractivity contribution in [1.29, 1.82) is 0 Å². The summed E-state index contributed by atoms with van der Waals surface area (Å²) in [6.07, 6.45) is -0.540. The molecule has 0 unspecified atom stereocenters. The number of amides is 3. The van der Waals surface area contributed by atoms with Crippen LogP contribution in [0.2, 0.25) is 0 Å². The number of pyridine rings is 2. The van der Waals surface area contributed by atoms with Crippen LogP contribution in [-0.2, 0) is 0 Å². The van der Waals surface area contributed by atoms with Gasteiger partial charge in [0.05, 0.1) is 11.0 Å². The van der Waals surface area contributed by atoms with Gasteiger partial charge in [-0.15, -0.1) is 0 Å². The zero-order chi connectivity index (χ0) is 30.4. The summed E-state index contributed by atoms with van der Waals surface area (Å²) < 4.78 is 43.0. The number of aromatic nitrogens is 2. The van der Waals surface area contributed by atoms with Crippen molar-refractivity contribution >= 4 is 41.3 Å². The monoisotopic (exact) mass is 617 g/mol. The Morgan fingerprint density at radius 3 is 2.67 bits per heavy atom. The van der Waals surface area contributed by atoms with Crippen molar-refractivity contribution in [3.05, 3.63) is 35.9 Å². The van der Waals surface area contributed by atoms with Crippen LogP contribution < -0.4 is 19.8 Å². The number of halogens is 3. The normalized spacial score (nSPS) is 23.3. The van der Waals surface area contributed by atoms with E-state index >= 15 is 0 Å². The third kappa shape index (κ3) is 6.09. The Hall–Kier alpha value is -3.22. The van der Waals surface area contributed by atoms with Gasteiger partial charge in [0.1, 0.15) is 22.5 Å². The predicted octanol–water partition coefficient (Wildman–Crippen LogP) is 6.09. The van der Waals surface area contributed by atoms with Crippen LogP contribution in [0.15, 0.2) is 35.4 Å². The molecule has 3 aliphatic heterocycles. The number of carbonyl (C=O) groups is 2. The van der Waals surface area contributed by atoms with E-state index in [9.17, 15) is 22.8 Å². The van der Waals surface area contributed by atoms with Gasteiger partial charge in [-0.1, -0.05) is 6.07 Å². The number of hydrogen-bond acceptors (Lipinski definition) is 7. The van der Waals surface area contributed by atoms with Crippen molar-refractivity contribution in [2.75, 3.05) is 47.8 Å². The Morgan fingerprint density at radius 2 is 1.91 bits per heavy atom. The van der Waals surface area contributed by atoms with Crippen molar-refractivity contribution < 1.29 is 22.8 Å². The first-order valence-corrected chi connectivity index (χ1v) is 15.9. The summed E-state index contributed by atoms with van der Waals surface area (Å²) in [6, 6.07) is 8.79. The minimum atomic E-state index is -4.18. The lowest BCUT2D eigenvalue weighted by Crippen LogP contribution is -2.40. The highest BCUT2D eigenvalue weighted by molar-refractivity contribution is 7.97. The average Bonchev–Trinajstić information content (AvgIpc) is 3.59. The quantitative estimate of drug-likeness (QED) is 0.393. The van der Waals surface area contributed by atoms with Crippen LogP contribution in [0.4, 0.5) is 35.4 Å². The molecule has 2 saturated heterocycles. The first-order chi connectivity index (χ1) is 20.5. The average molecular weight is 618 g/mol. The maximum atomic E-state index is 13.5. The molecule has 0 aromatic carbocycles. The van der Waals surface area contributed by atoms with Gasteiger partial charge in [0.25, 0.3) is 5.91 Å². The first-order valence-electron chi connectivity index (χ1n) is 15.1.